The van der Waals surface area contributed by atoms with Gasteiger partial charge in [-0.2, -0.15) is 0 Å². The smallest absolute Gasteiger partial charge is 0.307 e. The largest absolute Gasteiger partial charge is 0.481 e. The van der Waals surface area contributed by atoms with Crippen LogP contribution in [0.5, 0.6) is 11.5 Å². The van der Waals surface area contributed by atoms with Crippen LogP contribution in [0.15, 0.2) is 81.7 Å². The van der Waals surface area contributed by atoms with Crippen LogP contribution in [0.4, 0.5) is 0 Å². The van der Waals surface area contributed by atoms with Crippen molar-refractivity contribution >= 4 is 37.8 Å². The lowest BCUT2D eigenvalue weighted by atomic mass is 9.90. The van der Waals surface area contributed by atoms with Gasteiger partial charge in [-0.3, -0.25) is 4.79 Å². The molecule has 0 aliphatic carbocycles. The third kappa shape index (κ3) is 7.42. The maximum atomic E-state index is 11.3. The van der Waals surface area contributed by atoms with Gasteiger partial charge in [-0.05, 0) is 105 Å². The minimum absolute atomic E-state index is 0.0663. The molecule has 0 heterocycles. The van der Waals surface area contributed by atoms with E-state index >= 15 is 0 Å². The summed E-state index contributed by atoms with van der Waals surface area (Å²) in [6.07, 6.45) is -0.0663. The normalized spacial score (nSPS) is 12.0. The summed E-state index contributed by atoms with van der Waals surface area (Å²) >= 11 is 7.25. The highest BCUT2D eigenvalue weighted by molar-refractivity contribution is 9.11. The number of hydrogen-bond acceptors (Lipinski definition) is 3. The highest BCUT2D eigenvalue weighted by Gasteiger charge is 2.23. The van der Waals surface area contributed by atoms with Gasteiger partial charge < -0.3 is 15.2 Å². The van der Waals surface area contributed by atoms with Crippen LogP contribution in [0.2, 0.25) is 0 Å². The number of carbonyl (C=O) groups is 1. The molecule has 6 heteroatoms. The Hall–Kier alpha value is -2.93. The average molecular weight is 665 g/mol. The molecule has 4 aromatic rings. The molecule has 4 rings (SSSR count). The fraction of sp³-hybridized carbons (Fsp3) is 0.265. The van der Waals surface area contributed by atoms with Crippen molar-refractivity contribution in [1.82, 2.24) is 5.32 Å². The summed E-state index contributed by atoms with van der Waals surface area (Å²) < 4.78 is 8.08. The molecule has 0 fully saturated rings. The maximum absolute atomic E-state index is 11.3. The van der Waals surface area contributed by atoms with Crippen molar-refractivity contribution in [2.75, 3.05) is 0 Å². The average Bonchev–Trinajstić information content (AvgIpc) is 2.88. The maximum Gasteiger partial charge on any atom is 0.307 e. The van der Waals surface area contributed by atoms with Crippen LogP contribution in [0, 0.1) is 20.8 Å². The fourth-order valence-corrected chi connectivity index (χ4v) is 6.38. The van der Waals surface area contributed by atoms with Crippen LogP contribution in [-0.4, -0.2) is 11.1 Å². The topological polar surface area (TPSA) is 58.6 Å². The van der Waals surface area contributed by atoms with Gasteiger partial charge >= 0.3 is 5.97 Å². The molecular weight excluding hydrogens is 630 g/mol. The highest BCUT2D eigenvalue weighted by atomic mass is 79.9. The number of rotatable bonds is 10. The monoisotopic (exact) mass is 663 g/mol. The van der Waals surface area contributed by atoms with Gasteiger partial charge in [-0.1, -0.05) is 79.6 Å². The number of aryl methyl sites for hydroxylation is 3. The number of hydrogen-bond donors (Lipinski definition) is 2. The molecule has 1 unspecified atom stereocenters. The number of carboxylic acids is 1. The minimum atomic E-state index is -0.879. The number of benzene rings is 4. The third-order valence-electron chi connectivity index (χ3n) is 6.96. The SMILES string of the molecule is Cc1ccc(CNC(c2cccc(C)c2)c2cc(C)c(C(C)C)cc2Oc2c(Br)cc(CC(=O)O)cc2Br)cc1. The number of nitrogens with one attached hydrogen (secondary N) is 1. The molecule has 0 aromatic heterocycles. The second-order valence-corrected chi connectivity index (χ2v) is 12.4. The van der Waals surface area contributed by atoms with Gasteiger partial charge in [0.1, 0.15) is 5.75 Å². The van der Waals surface area contributed by atoms with Gasteiger partial charge in [0.15, 0.2) is 5.75 Å². The summed E-state index contributed by atoms with van der Waals surface area (Å²) in [6.45, 7) is 11.4. The molecule has 0 saturated heterocycles. The van der Waals surface area contributed by atoms with Crippen LogP contribution in [-0.2, 0) is 17.8 Å². The number of halogens is 2. The van der Waals surface area contributed by atoms with E-state index in [2.05, 4.69) is 132 Å². The number of carboxylic acid groups (broad SMARTS) is 1. The summed E-state index contributed by atoms with van der Waals surface area (Å²) in [5.74, 6) is 0.801. The number of aliphatic carboxylic acids is 1. The molecule has 0 bridgehead atoms. The van der Waals surface area contributed by atoms with Crippen molar-refractivity contribution < 1.29 is 14.6 Å². The minimum Gasteiger partial charge on any atom is -0.481 e. The molecule has 208 valence electrons. The quantitative estimate of drug-likeness (QED) is 0.177. The Kier molecular flexibility index (Phi) is 9.88. The summed E-state index contributed by atoms with van der Waals surface area (Å²) in [5.41, 5.74) is 8.94. The lowest BCUT2D eigenvalue weighted by Gasteiger charge is -2.26. The summed E-state index contributed by atoms with van der Waals surface area (Å²) in [7, 11) is 0. The predicted octanol–water partition coefficient (Wildman–Crippen LogP) is 9.56. The van der Waals surface area contributed by atoms with E-state index in [1.54, 1.807) is 12.1 Å². The Labute approximate surface area is 254 Å². The van der Waals surface area contributed by atoms with E-state index in [0.717, 1.165) is 16.9 Å². The van der Waals surface area contributed by atoms with Crippen LogP contribution in [0.1, 0.15) is 70.3 Å². The highest BCUT2D eigenvalue weighted by Crippen LogP contribution is 2.42. The van der Waals surface area contributed by atoms with E-state index in [0.29, 0.717) is 32.7 Å². The molecule has 0 radical (unpaired) electrons. The van der Waals surface area contributed by atoms with Crippen molar-refractivity contribution in [3.05, 3.63) is 126 Å². The first-order valence-corrected chi connectivity index (χ1v) is 15.0. The fourth-order valence-electron chi connectivity index (χ4n) is 4.94. The van der Waals surface area contributed by atoms with Crippen molar-refractivity contribution in [3.63, 3.8) is 0 Å². The molecule has 0 aliphatic rings. The van der Waals surface area contributed by atoms with E-state index in [1.165, 1.54) is 27.8 Å². The molecule has 4 aromatic carbocycles. The lowest BCUT2D eigenvalue weighted by Crippen LogP contribution is -2.23. The van der Waals surface area contributed by atoms with E-state index in [1.807, 2.05) is 0 Å². The third-order valence-corrected chi connectivity index (χ3v) is 8.14. The van der Waals surface area contributed by atoms with Crippen LogP contribution in [0.3, 0.4) is 0 Å². The second kappa shape index (κ2) is 13.2. The Morgan fingerprint density at radius 3 is 2.12 bits per heavy atom. The summed E-state index contributed by atoms with van der Waals surface area (Å²) in [4.78, 5) is 11.3. The lowest BCUT2D eigenvalue weighted by molar-refractivity contribution is -0.136. The second-order valence-electron chi connectivity index (χ2n) is 10.7. The summed E-state index contributed by atoms with van der Waals surface area (Å²) in [6, 6.07) is 25.0. The van der Waals surface area contributed by atoms with Crippen molar-refractivity contribution in [3.8, 4) is 11.5 Å². The number of ether oxygens (including phenoxy) is 1. The van der Waals surface area contributed by atoms with Crippen molar-refractivity contribution in [2.24, 2.45) is 0 Å². The molecule has 4 nitrogen and oxygen atoms in total. The zero-order valence-electron chi connectivity index (χ0n) is 23.5. The van der Waals surface area contributed by atoms with Gasteiger partial charge in [0.05, 0.1) is 21.4 Å². The van der Waals surface area contributed by atoms with E-state index in [4.69, 9.17) is 4.74 Å². The van der Waals surface area contributed by atoms with Gasteiger partial charge in [0.2, 0.25) is 0 Å². The molecule has 0 amide bonds. The standard InChI is InChI=1S/C34H35Br2NO3/c1-20(2)27-18-31(40-34-29(35)15-25(16-30(34)36)17-32(38)39)28(14-23(27)5)33(26-8-6-7-22(4)13-26)37-19-24-11-9-21(3)10-12-24/h6-16,18,20,33,37H,17,19H2,1-5H3,(H,38,39). The van der Waals surface area contributed by atoms with Crippen LogP contribution in [0.25, 0.3) is 0 Å². The Bertz CT molecular complexity index is 1490. The van der Waals surface area contributed by atoms with Crippen LogP contribution >= 0.6 is 31.9 Å². The Balaban J connectivity index is 1.83. The van der Waals surface area contributed by atoms with Crippen molar-refractivity contribution in [2.45, 2.75) is 59.5 Å². The first kappa shape index (κ1) is 30.0. The first-order chi connectivity index (χ1) is 19.0. The van der Waals surface area contributed by atoms with Gasteiger partial charge in [-0.25, -0.2) is 0 Å². The molecule has 1 atom stereocenters. The zero-order chi connectivity index (χ0) is 29.0. The molecule has 0 spiro atoms. The van der Waals surface area contributed by atoms with E-state index in [9.17, 15) is 9.90 Å². The Morgan fingerprint density at radius 2 is 1.52 bits per heavy atom. The van der Waals surface area contributed by atoms with Gasteiger partial charge in [-0.15, -0.1) is 0 Å². The molecule has 40 heavy (non-hydrogen) atoms. The van der Waals surface area contributed by atoms with Gasteiger partial charge in [0, 0.05) is 12.1 Å². The first-order valence-electron chi connectivity index (χ1n) is 13.4. The van der Waals surface area contributed by atoms with E-state index in [-0.39, 0.29) is 12.5 Å². The molecule has 0 aliphatic heterocycles. The molecule has 2 N–H and O–H groups in total. The molecule has 0 saturated carbocycles. The van der Waals surface area contributed by atoms with Crippen molar-refractivity contribution in [1.29, 1.82) is 0 Å². The summed E-state index contributed by atoms with van der Waals surface area (Å²) in [5, 5.41) is 13.1. The van der Waals surface area contributed by atoms with Gasteiger partial charge in [0.25, 0.3) is 0 Å². The zero-order valence-corrected chi connectivity index (χ0v) is 26.7. The Morgan fingerprint density at radius 1 is 0.850 bits per heavy atom. The predicted molar refractivity (Wildman–Crippen MR) is 170 cm³/mol. The van der Waals surface area contributed by atoms with Crippen LogP contribution < -0.4 is 10.1 Å². The van der Waals surface area contributed by atoms with E-state index < -0.39 is 5.97 Å². The molecular formula is C34H35Br2NO3.